The molecule has 0 saturated carbocycles. The number of hydrogen-bond acceptors (Lipinski definition) is 3. The number of aromatic carboxylic acids is 1. The lowest BCUT2D eigenvalue weighted by molar-refractivity contribution is 0.0695. The molecule has 2 aromatic rings. The van der Waals surface area contributed by atoms with Crippen LogP contribution in [0.15, 0.2) is 36.7 Å². The highest BCUT2D eigenvalue weighted by Crippen LogP contribution is 2.10. The first kappa shape index (κ1) is 15.8. The van der Waals surface area contributed by atoms with Crippen molar-refractivity contribution in [3.63, 3.8) is 0 Å². The first-order valence-corrected chi connectivity index (χ1v) is 7.11. The summed E-state index contributed by atoms with van der Waals surface area (Å²) in [6, 6.07) is 6.51. The molecular weight excluding hydrogens is 282 g/mol. The van der Waals surface area contributed by atoms with Gasteiger partial charge >= 0.3 is 5.97 Å². The second-order valence-corrected chi connectivity index (χ2v) is 5.16. The summed E-state index contributed by atoms with van der Waals surface area (Å²) in [5.41, 5.74) is 1.67. The molecule has 0 radical (unpaired) electrons. The summed E-state index contributed by atoms with van der Waals surface area (Å²) >= 11 is 0. The molecule has 0 aliphatic heterocycles. The SMILES string of the molecule is CCCn1cc(C(=O)N(C)Cc2ccc(C(=O)O)cc2)cn1. The van der Waals surface area contributed by atoms with Crippen molar-refractivity contribution in [1.29, 1.82) is 0 Å². The smallest absolute Gasteiger partial charge is 0.335 e. The molecule has 1 amide bonds. The molecule has 1 N–H and O–H groups in total. The van der Waals surface area contributed by atoms with Gasteiger partial charge in [0, 0.05) is 26.3 Å². The number of carbonyl (C=O) groups is 2. The Labute approximate surface area is 129 Å². The van der Waals surface area contributed by atoms with E-state index in [1.165, 1.54) is 12.1 Å². The van der Waals surface area contributed by atoms with Gasteiger partial charge in [-0.2, -0.15) is 5.10 Å². The fourth-order valence-electron chi connectivity index (χ4n) is 2.14. The van der Waals surface area contributed by atoms with Crippen LogP contribution in [0.5, 0.6) is 0 Å². The van der Waals surface area contributed by atoms with Crippen molar-refractivity contribution in [3.05, 3.63) is 53.3 Å². The van der Waals surface area contributed by atoms with Crippen LogP contribution in [0.2, 0.25) is 0 Å². The van der Waals surface area contributed by atoms with Crippen LogP contribution in [-0.2, 0) is 13.1 Å². The molecule has 0 fully saturated rings. The molecule has 1 heterocycles. The van der Waals surface area contributed by atoms with Crippen molar-refractivity contribution in [3.8, 4) is 0 Å². The highest BCUT2D eigenvalue weighted by atomic mass is 16.4. The van der Waals surface area contributed by atoms with Crippen LogP contribution in [0.3, 0.4) is 0 Å². The van der Waals surface area contributed by atoms with E-state index in [2.05, 4.69) is 12.0 Å². The molecule has 116 valence electrons. The summed E-state index contributed by atoms with van der Waals surface area (Å²) in [7, 11) is 1.71. The number of carbonyl (C=O) groups excluding carboxylic acids is 1. The number of hydrogen-bond donors (Lipinski definition) is 1. The van der Waals surface area contributed by atoms with Gasteiger partial charge in [-0.3, -0.25) is 9.48 Å². The average molecular weight is 301 g/mol. The second-order valence-electron chi connectivity index (χ2n) is 5.16. The summed E-state index contributed by atoms with van der Waals surface area (Å²) in [5, 5.41) is 13.0. The normalized spacial score (nSPS) is 10.5. The van der Waals surface area contributed by atoms with Gasteiger partial charge in [-0.1, -0.05) is 19.1 Å². The molecule has 0 unspecified atom stereocenters. The predicted octanol–water partition coefficient (Wildman–Crippen LogP) is 2.26. The van der Waals surface area contributed by atoms with Gasteiger partial charge in [-0.05, 0) is 24.1 Å². The van der Waals surface area contributed by atoms with Gasteiger partial charge in [-0.15, -0.1) is 0 Å². The van der Waals surface area contributed by atoms with E-state index in [-0.39, 0.29) is 11.5 Å². The van der Waals surface area contributed by atoms with Gasteiger partial charge in [0.15, 0.2) is 0 Å². The van der Waals surface area contributed by atoms with Gasteiger partial charge in [0.1, 0.15) is 0 Å². The number of rotatable bonds is 6. The molecular formula is C16H19N3O3. The number of benzene rings is 1. The zero-order valence-corrected chi connectivity index (χ0v) is 12.7. The van der Waals surface area contributed by atoms with Crippen molar-refractivity contribution in [1.82, 2.24) is 14.7 Å². The minimum atomic E-state index is -0.959. The Bertz CT molecular complexity index is 662. The lowest BCUT2D eigenvalue weighted by Gasteiger charge is -2.16. The largest absolute Gasteiger partial charge is 0.478 e. The standard InChI is InChI=1S/C16H19N3O3/c1-3-8-19-11-14(9-17-19)15(20)18(2)10-12-4-6-13(7-5-12)16(21)22/h4-7,9,11H,3,8,10H2,1-2H3,(H,21,22). The highest BCUT2D eigenvalue weighted by molar-refractivity contribution is 5.93. The Morgan fingerprint density at radius 1 is 1.23 bits per heavy atom. The Morgan fingerprint density at radius 2 is 1.91 bits per heavy atom. The average Bonchev–Trinajstić information content (AvgIpc) is 2.96. The van der Waals surface area contributed by atoms with Gasteiger partial charge in [0.2, 0.25) is 0 Å². The number of carboxylic acid groups (broad SMARTS) is 1. The van der Waals surface area contributed by atoms with E-state index in [0.717, 1.165) is 18.5 Å². The Balaban J connectivity index is 2.02. The van der Waals surface area contributed by atoms with Crippen LogP contribution in [0.1, 0.15) is 39.6 Å². The lowest BCUT2D eigenvalue weighted by Crippen LogP contribution is -2.25. The van der Waals surface area contributed by atoms with E-state index in [4.69, 9.17) is 5.11 Å². The maximum Gasteiger partial charge on any atom is 0.335 e. The first-order valence-electron chi connectivity index (χ1n) is 7.11. The van der Waals surface area contributed by atoms with Gasteiger partial charge < -0.3 is 10.0 Å². The number of nitrogens with zero attached hydrogens (tertiary/aromatic N) is 3. The third-order valence-corrected chi connectivity index (χ3v) is 3.30. The number of carboxylic acids is 1. The molecule has 0 aliphatic carbocycles. The summed E-state index contributed by atoms with van der Waals surface area (Å²) < 4.78 is 1.75. The van der Waals surface area contributed by atoms with Crippen LogP contribution in [0.25, 0.3) is 0 Å². The van der Waals surface area contributed by atoms with Gasteiger partial charge in [0.25, 0.3) is 5.91 Å². The summed E-state index contributed by atoms with van der Waals surface area (Å²) in [4.78, 5) is 24.7. The highest BCUT2D eigenvalue weighted by Gasteiger charge is 2.14. The van der Waals surface area contributed by atoms with Gasteiger partial charge in [-0.25, -0.2) is 4.79 Å². The zero-order chi connectivity index (χ0) is 16.1. The monoisotopic (exact) mass is 301 g/mol. The molecule has 0 spiro atoms. The van der Waals surface area contributed by atoms with Crippen molar-refractivity contribution >= 4 is 11.9 Å². The topological polar surface area (TPSA) is 75.4 Å². The quantitative estimate of drug-likeness (QED) is 0.888. The molecule has 6 heteroatoms. The Kier molecular flexibility index (Phi) is 4.93. The fourth-order valence-corrected chi connectivity index (χ4v) is 2.14. The fraction of sp³-hybridized carbons (Fsp3) is 0.312. The number of aryl methyl sites for hydroxylation is 1. The van der Waals surface area contributed by atoms with E-state index >= 15 is 0 Å². The Hall–Kier alpha value is -2.63. The maximum absolute atomic E-state index is 12.3. The molecule has 0 bridgehead atoms. The third kappa shape index (κ3) is 3.72. The second kappa shape index (κ2) is 6.89. The van der Waals surface area contributed by atoms with E-state index in [1.54, 1.807) is 41.2 Å². The van der Waals surface area contributed by atoms with E-state index in [0.29, 0.717) is 12.1 Å². The first-order chi connectivity index (χ1) is 10.5. The van der Waals surface area contributed by atoms with Crippen molar-refractivity contribution in [2.24, 2.45) is 0 Å². The number of amides is 1. The van der Waals surface area contributed by atoms with E-state index < -0.39 is 5.97 Å². The molecule has 0 saturated heterocycles. The molecule has 1 aromatic heterocycles. The minimum absolute atomic E-state index is 0.107. The van der Waals surface area contributed by atoms with Crippen LogP contribution >= 0.6 is 0 Å². The maximum atomic E-state index is 12.3. The van der Waals surface area contributed by atoms with Crippen LogP contribution in [0.4, 0.5) is 0 Å². The van der Waals surface area contributed by atoms with Gasteiger partial charge in [0.05, 0.1) is 17.3 Å². The molecule has 0 aliphatic rings. The molecule has 2 rings (SSSR count). The Morgan fingerprint density at radius 3 is 2.50 bits per heavy atom. The minimum Gasteiger partial charge on any atom is -0.478 e. The van der Waals surface area contributed by atoms with E-state index in [9.17, 15) is 9.59 Å². The zero-order valence-electron chi connectivity index (χ0n) is 12.7. The van der Waals surface area contributed by atoms with Crippen LogP contribution in [-0.4, -0.2) is 38.7 Å². The van der Waals surface area contributed by atoms with Crippen LogP contribution in [0, 0.1) is 0 Å². The van der Waals surface area contributed by atoms with Crippen molar-refractivity contribution in [2.75, 3.05) is 7.05 Å². The van der Waals surface area contributed by atoms with Crippen LogP contribution < -0.4 is 0 Å². The molecule has 0 atom stereocenters. The van der Waals surface area contributed by atoms with Crippen molar-refractivity contribution in [2.45, 2.75) is 26.4 Å². The summed E-state index contributed by atoms with van der Waals surface area (Å²) in [5.74, 6) is -1.07. The predicted molar refractivity (Wildman–Crippen MR) is 81.7 cm³/mol. The van der Waals surface area contributed by atoms with Crippen molar-refractivity contribution < 1.29 is 14.7 Å². The molecule has 22 heavy (non-hydrogen) atoms. The molecule has 6 nitrogen and oxygen atoms in total. The molecule has 1 aromatic carbocycles. The third-order valence-electron chi connectivity index (χ3n) is 3.30. The number of aromatic nitrogens is 2. The van der Waals surface area contributed by atoms with E-state index in [1.807, 2.05) is 0 Å². The summed E-state index contributed by atoms with van der Waals surface area (Å²) in [6.07, 6.45) is 4.28. The lowest BCUT2D eigenvalue weighted by atomic mass is 10.1. The summed E-state index contributed by atoms with van der Waals surface area (Å²) in [6.45, 7) is 3.25.